The first-order valence-electron chi connectivity index (χ1n) is 7.27. The molecule has 0 saturated heterocycles. The van der Waals surface area contributed by atoms with Gasteiger partial charge in [-0.25, -0.2) is 14.5 Å². The molecule has 1 rings (SSSR count). The molecule has 0 saturated carbocycles. The van der Waals surface area contributed by atoms with Gasteiger partial charge >= 0.3 is 18.2 Å². The van der Waals surface area contributed by atoms with Gasteiger partial charge in [-0.2, -0.15) is 0 Å². The lowest BCUT2D eigenvalue weighted by molar-refractivity contribution is -0.137. The molecule has 0 heterocycles. The van der Waals surface area contributed by atoms with E-state index in [9.17, 15) is 14.4 Å². The summed E-state index contributed by atoms with van der Waals surface area (Å²) in [7, 11) is 0. The van der Waals surface area contributed by atoms with E-state index < -0.39 is 18.2 Å². The maximum absolute atomic E-state index is 12.0. The predicted octanol–water partition coefficient (Wildman–Crippen LogP) is 2.89. The number of hydrogen-bond acceptors (Lipinski definition) is 5. The number of ether oxygens (including phenoxy) is 2. The predicted molar refractivity (Wildman–Crippen MR) is 81.8 cm³/mol. The van der Waals surface area contributed by atoms with Crippen LogP contribution in [-0.4, -0.2) is 41.3 Å². The molecule has 1 N–H and O–H groups in total. The first kappa shape index (κ1) is 18.5. The molecule has 0 aromatic heterocycles. The number of amides is 2. The van der Waals surface area contributed by atoms with Crippen molar-refractivity contribution in [1.82, 2.24) is 4.90 Å². The van der Waals surface area contributed by atoms with Crippen LogP contribution in [0.25, 0.3) is 0 Å². The Hall–Kier alpha value is -2.57. The highest BCUT2D eigenvalue weighted by Gasteiger charge is 2.25. The van der Waals surface area contributed by atoms with Crippen LogP contribution in [0.4, 0.5) is 9.59 Å². The van der Waals surface area contributed by atoms with Gasteiger partial charge < -0.3 is 14.6 Å². The summed E-state index contributed by atoms with van der Waals surface area (Å²) in [6.07, 6.45) is -2.21. The molecule has 0 aliphatic heterocycles. The fraction of sp³-hybridized carbons (Fsp3) is 0.438. The highest BCUT2D eigenvalue weighted by atomic mass is 16.6. The molecule has 0 radical (unpaired) electrons. The van der Waals surface area contributed by atoms with Gasteiger partial charge in [0.15, 0.2) is 0 Å². The first-order valence-corrected chi connectivity index (χ1v) is 7.27. The number of benzene rings is 1. The van der Waals surface area contributed by atoms with E-state index in [4.69, 9.17) is 14.6 Å². The molecule has 2 amide bonds. The molecule has 126 valence electrons. The molecule has 1 aromatic rings. The van der Waals surface area contributed by atoms with E-state index in [1.807, 2.05) is 19.9 Å². The van der Waals surface area contributed by atoms with Crippen LogP contribution in [0, 0.1) is 5.92 Å². The van der Waals surface area contributed by atoms with Gasteiger partial charge in [0.2, 0.25) is 0 Å². The number of imide groups is 1. The zero-order valence-electron chi connectivity index (χ0n) is 13.2. The summed E-state index contributed by atoms with van der Waals surface area (Å²) in [4.78, 5) is 35.3. The molecule has 0 spiro atoms. The third-order valence-corrected chi connectivity index (χ3v) is 2.74. The molecule has 1 aromatic carbocycles. The second-order valence-electron chi connectivity index (χ2n) is 5.31. The van der Waals surface area contributed by atoms with Crippen molar-refractivity contribution in [3.05, 3.63) is 35.9 Å². The summed E-state index contributed by atoms with van der Waals surface area (Å²) in [6.45, 7) is 3.51. The van der Waals surface area contributed by atoms with Crippen LogP contribution >= 0.6 is 0 Å². The number of carbonyl (C=O) groups excluding carboxylic acids is 2. The van der Waals surface area contributed by atoms with Crippen molar-refractivity contribution in [2.45, 2.75) is 26.9 Å². The number of rotatable bonds is 7. The van der Waals surface area contributed by atoms with Crippen LogP contribution in [0.3, 0.4) is 0 Å². The van der Waals surface area contributed by atoms with Crippen molar-refractivity contribution in [3.8, 4) is 0 Å². The Morgan fingerprint density at radius 3 is 2.26 bits per heavy atom. The molecule has 7 nitrogen and oxygen atoms in total. The van der Waals surface area contributed by atoms with Gasteiger partial charge in [0.25, 0.3) is 0 Å². The summed E-state index contributed by atoms with van der Waals surface area (Å²) < 4.78 is 10.0. The lowest BCUT2D eigenvalue weighted by atomic mass is 10.2. The van der Waals surface area contributed by atoms with Crippen molar-refractivity contribution in [1.29, 1.82) is 0 Å². The largest absolute Gasteiger partial charge is 0.481 e. The van der Waals surface area contributed by atoms with Crippen molar-refractivity contribution < 1.29 is 29.0 Å². The fourth-order valence-corrected chi connectivity index (χ4v) is 1.58. The lowest BCUT2D eigenvalue weighted by Gasteiger charge is -2.20. The van der Waals surface area contributed by atoms with Gasteiger partial charge in [-0.05, 0) is 11.5 Å². The Balaban J connectivity index is 2.63. The minimum Gasteiger partial charge on any atom is -0.481 e. The molecular weight excluding hydrogens is 302 g/mol. The van der Waals surface area contributed by atoms with Crippen molar-refractivity contribution in [2.75, 3.05) is 13.2 Å². The Morgan fingerprint density at radius 2 is 1.70 bits per heavy atom. The minimum absolute atomic E-state index is 0.0132. The van der Waals surface area contributed by atoms with Crippen LogP contribution in [0.1, 0.15) is 25.8 Å². The van der Waals surface area contributed by atoms with E-state index >= 15 is 0 Å². The van der Waals surface area contributed by atoms with Gasteiger partial charge in [0.05, 0.1) is 13.0 Å². The monoisotopic (exact) mass is 323 g/mol. The zero-order valence-corrected chi connectivity index (χ0v) is 13.2. The van der Waals surface area contributed by atoms with E-state index in [2.05, 4.69) is 0 Å². The number of aliphatic carboxylic acids is 1. The van der Waals surface area contributed by atoms with Gasteiger partial charge in [-0.1, -0.05) is 44.2 Å². The Morgan fingerprint density at radius 1 is 1.09 bits per heavy atom. The van der Waals surface area contributed by atoms with E-state index in [-0.39, 0.29) is 32.1 Å². The molecule has 23 heavy (non-hydrogen) atoms. The van der Waals surface area contributed by atoms with Gasteiger partial charge in [0, 0.05) is 6.54 Å². The van der Waals surface area contributed by atoms with Crippen LogP contribution in [0.2, 0.25) is 0 Å². The van der Waals surface area contributed by atoms with E-state index in [0.29, 0.717) is 4.90 Å². The van der Waals surface area contributed by atoms with Crippen molar-refractivity contribution in [3.63, 3.8) is 0 Å². The van der Waals surface area contributed by atoms with Gasteiger partial charge in [-0.15, -0.1) is 0 Å². The SMILES string of the molecule is CC(C)COC(=O)N(CCC(=O)O)C(=O)OCc1ccccc1. The van der Waals surface area contributed by atoms with Crippen molar-refractivity contribution in [2.24, 2.45) is 5.92 Å². The van der Waals surface area contributed by atoms with Crippen molar-refractivity contribution >= 4 is 18.2 Å². The van der Waals surface area contributed by atoms with Crippen LogP contribution in [0.5, 0.6) is 0 Å². The molecule has 0 bridgehead atoms. The smallest absolute Gasteiger partial charge is 0.419 e. The number of carboxylic acids is 1. The highest BCUT2D eigenvalue weighted by molar-refractivity contribution is 5.88. The summed E-state index contributed by atoms with van der Waals surface area (Å²) in [5, 5.41) is 8.72. The number of carbonyl (C=O) groups is 3. The molecule has 0 unspecified atom stereocenters. The lowest BCUT2D eigenvalue weighted by Crippen LogP contribution is -2.39. The summed E-state index contributed by atoms with van der Waals surface area (Å²) in [5.41, 5.74) is 0.759. The normalized spacial score (nSPS) is 10.2. The molecular formula is C16H21NO6. The van der Waals surface area contributed by atoms with Gasteiger partial charge in [0.1, 0.15) is 6.61 Å². The van der Waals surface area contributed by atoms with E-state index in [1.54, 1.807) is 24.3 Å². The maximum atomic E-state index is 12.0. The Bertz CT molecular complexity index is 529. The average Bonchev–Trinajstić information content (AvgIpc) is 2.51. The summed E-state index contributed by atoms with van der Waals surface area (Å²) >= 11 is 0. The van der Waals surface area contributed by atoms with Gasteiger partial charge in [-0.3, -0.25) is 4.79 Å². The summed E-state index contributed by atoms with van der Waals surface area (Å²) in [6, 6.07) is 8.95. The number of carboxylic acid groups (broad SMARTS) is 1. The maximum Gasteiger partial charge on any atom is 0.419 e. The van der Waals surface area contributed by atoms with Crippen LogP contribution in [-0.2, 0) is 20.9 Å². The Kier molecular flexibility index (Phi) is 7.59. The van der Waals surface area contributed by atoms with Crippen LogP contribution in [0.15, 0.2) is 30.3 Å². The topological polar surface area (TPSA) is 93.1 Å². The molecule has 0 fully saturated rings. The molecule has 0 aliphatic carbocycles. The van der Waals surface area contributed by atoms with Crippen LogP contribution < -0.4 is 0 Å². The Labute approximate surface area is 134 Å². The number of nitrogens with zero attached hydrogens (tertiary/aromatic N) is 1. The fourth-order valence-electron chi connectivity index (χ4n) is 1.58. The molecule has 7 heteroatoms. The molecule has 0 atom stereocenters. The van der Waals surface area contributed by atoms with E-state index in [1.165, 1.54) is 0 Å². The standard InChI is InChI=1S/C16H21NO6/c1-12(2)10-22-15(20)17(9-8-14(18)19)16(21)23-11-13-6-4-3-5-7-13/h3-7,12H,8-11H2,1-2H3,(H,18,19). The van der Waals surface area contributed by atoms with E-state index in [0.717, 1.165) is 5.56 Å². The number of hydrogen-bond donors (Lipinski definition) is 1. The second-order valence-corrected chi connectivity index (χ2v) is 5.31. The third kappa shape index (κ3) is 7.30. The second kappa shape index (κ2) is 9.45. The molecule has 0 aliphatic rings. The third-order valence-electron chi connectivity index (χ3n) is 2.74. The average molecular weight is 323 g/mol. The first-order chi connectivity index (χ1) is 10.9. The summed E-state index contributed by atoms with van der Waals surface area (Å²) in [5.74, 6) is -1.02. The minimum atomic E-state index is -1.12. The highest BCUT2D eigenvalue weighted by Crippen LogP contribution is 2.06. The quantitative estimate of drug-likeness (QED) is 0.829. The zero-order chi connectivity index (χ0) is 17.2.